The van der Waals surface area contributed by atoms with E-state index in [1.54, 1.807) is 30.1 Å². The number of fused-ring (bicyclic) bond motifs is 2. The number of carbonyl (C=O) groups is 2. The molecular weight excluding hydrogens is 366 g/mol. The predicted octanol–water partition coefficient (Wildman–Crippen LogP) is 4.70. The van der Waals surface area contributed by atoms with Gasteiger partial charge in [0.1, 0.15) is 5.75 Å². The SMILES string of the molecule is Cc1ccc2c(c1)N(C)C(=O)c1cc(NC(=O)NCc3ccccc3)ccc1O2. The number of hydrogen-bond donors (Lipinski definition) is 2. The maximum Gasteiger partial charge on any atom is 0.319 e. The van der Waals surface area contributed by atoms with Gasteiger partial charge in [0.2, 0.25) is 0 Å². The molecule has 0 unspecified atom stereocenters. The Bertz CT molecular complexity index is 1080. The molecule has 3 aromatic rings. The minimum absolute atomic E-state index is 0.197. The topological polar surface area (TPSA) is 70.7 Å². The Morgan fingerprint density at radius 3 is 2.55 bits per heavy atom. The molecule has 0 bridgehead atoms. The second-order valence-electron chi connectivity index (χ2n) is 6.94. The molecular formula is C23H21N3O3. The number of nitrogens with zero attached hydrogens (tertiary/aromatic N) is 1. The molecule has 0 fully saturated rings. The molecule has 0 spiro atoms. The summed E-state index contributed by atoms with van der Waals surface area (Å²) in [6, 6.07) is 20.0. The summed E-state index contributed by atoms with van der Waals surface area (Å²) in [6.45, 7) is 2.38. The highest BCUT2D eigenvalue weighted by Gasteiger charge is 2.26. The molecule has 0 saturated heterocycles. The summed E-state index contributed by atoms with van der Waals surface area (Å²) in [6.07, 6.45) is 0. The van der Waals surface area contributed by atoms with Crippen LogP contribution in [0.3, 0.4) is 0 Å². The van der Waals surface area contributed by atoms with Crippen LogP contribution in [0.5, 0.6) is 11.5 Å². The molecule has 1 heterocycles. The molecule has 4 rings (SSSR count). The van der Waals surface area contributed by atoms with Crippen molar-refractivity contribution in [1.29, 1.82) is 0 Å². The minimum atomic E-state index is -0.344. The Kier molecular flexibility index (Phi) is 4.91. The summed E-state index contributed by atoms with van der Waals surface area (Å²) in [5.74, 6) is 0.879. The zero-order valence-corrected chi connectivity index (χ0v) is 16.2. The Balaban J connectivity index is 1.52. The van der Waals surface area contributed by atoms with Crippen molar-refractivity contribution in [3.05, 3.63) is 83.4 Å². The van der Waals surface area contributed by atoms with Crippen molar-refractivity contribution in [2.45, 2.75) is 13.5 Å². The van der Waals surface area contributed by atoms with Crippen LogP contribution in [0.1, 0.15) is 21.5 Å². The smallest absolute Gasteiger partial charge is 0.319 e. The number of nitrogens with one attached hydrogen (secondary N) is 2. The molecule has 0 radical (unpaired) electrons. The molecule has 0 aromatic heterocycles. The normalized spacial score (nSPS) is 12.3. The zero-order valence-electron chi connectivity index (χ0n) is 16.2. The fraction of sp³-hybridized carbons (Fsp3) is 0.130. The van der Waals surface area contributed by atoms with Gasteiger partial charge >= 0.3 is 6.03 Å². The summed E-state index contributed by atoms with van der Waals surface area (Å²) in [7, 11) is 1.71. The molecule has 1 aliphatic rings. The highest BCUT2D eigenvalue weighted by atomic mass is 16.5. The van der Waals surface area contributed by atoms with Crippen molar-refractivity contribution in [3.8, 4) is 11.5 Å². The van der Waals surface area contributed by atoms with Gasteiger partial charge < -0.3 is 20.3 Å². The Labute approximate surface area is 169 Å². The first kappa shape index (κ1) is 18.6. The van der Waals surface area contributed by atoms with Crippen LogP contribution in [-0.2, 0) is 6.54 Å². The third-order valence-corrected chi connectivity index (χ3v) is 4.76. The Hall–Kier alpha value is -3.80. The van der Waals surface area contributed by atoms with E-state index in [1.165, 1.54) is 0 Å². The summed E-state index contributed by atoms with van der Waals surface area (Å²) in [5.41, 5.74) is 3.66. The van der Waals surface area contributed by atoms with Gasteiger partial charge in [0.05, 0.1) is 11.3 Å². The molecule has 3 aromatic carbocycles. The van der Waals surface area contributed by atoms with Gasteiger partial charge in [-0.05, 0) is 48.4 Å². The molecule has 146 valence electrons. The van der Waals surface area contributed by atoms with Crippen LogP contribution in [0.4, 0.5) is 16.2 Å². The molecule has 3 amide bonds. The summed E-state index contributed by atoms with van der Waals surface area (Å²) < 4.78 is 5.97. The third kappa shape index (κ3) is 3.91. The van der Waals surface area contributed by atoms with Crippen LogP contribution in [0.2, 0.25) is 0 Å². The monoisotopic (exact) mass is 387 g/mol. The average Bonchev–Trinajstić information content (AvgIpc) is 2.83. The van der Waals surface area contributed by atoms with E-state index < -0.39 is 0 Å². The molecule has 0 saturated carbocycles. The fourth-order valence-corrected chi connectivity index (χ4v) is 3.20. The van der Waals surface area contributed by atoms with Crippen molar-refractivity contribution in [2.24, 2.45) is 0 Å². The van der Waals surface area contributed by atoms with Gasteiger partial charge in [0.25, 0.3) is 5.91 Å². The highest BCUT2D eigenvalue weighted by molar-refractivity contribution is 6.10. The maximum absolute atomic E-state index is 13.0. The van der Waals surface area contributed by atoms with Crippen LogP contribution in [0, 0.1) is 6.92 Å². The molecule has 0 atom stereocenters. The van der Waals surface area contributed by atoms with E-state index in [0.29, 0.717) is 35.0 Å². The van der Waals surface area contributed by atoms with E-state index in [0.717, 1.165) is 11.1 Å². The van der Waals surface area contributed by atoms with Crippen LogP contribution in [-0.4, -0.2) is 19.0 Å². The third-order valence-electron chi connectivity index (χ3n) is 4.76. The largest absolute Gasteiger partial charge is 0.454 e. The lowest BCUT2D eigenvalue weighted by Gasteiger charge is -2.16. The standard InChI is InChI=1S/C23H21N3O3/c1-15-8-10-21-19(12-15)26(2)22(27)18-13-17(9-11-20(18)29-21)25-23(28)24-14-16-6-4-3-5-7-16/h3-13H,14H2,1-2H3,(H2,24,25,28). The van der Waals surface area contributed by atoms with Crippen molar-refractivity contribution >= 4 is 23.3 Å². The first-order valence-electron chi connectivity index (χ1n) is 9.30. The summed E-state index contributed by atoms with van der Waals surface area (Å²) in [5, 5.41) is 5.58. The van der Waals surface area contributed by atoms with E-state index >= 15 is 0 Å². The fourth-order valence-electron chi connectivity index (χ4n) is 3.20. The van der Waals surface area contributed by atoms with Gasteiger partial charge in [-0.15, -0.1) is 0 Å². The summed E-state index contributed by atoms with van der Waals surface area (Å²) >= 11 is 0. The zero-order chi connectivity index (χ0) is 20.4. The number of amides is 3. The highest BCUT2D eigenvalue weighted by Crippen LogP contribution is 2.39. The number of urea groups is 1. The number of carbonyl (C=O) groups excluding carboxylic acids is 2. The number of benzene rings is 3. The van der Waals surface area contributed by atoms with Gasteiger partial charge in [-0.3, -0.25) is 4.79 Å². The number of ether oxygens (including phenoxy) is 1. The first-order valence-corrected chi connectivity index (χ1v) is 9.30. The van der Waals surface area contributed by atoms with Crippen molar-refractivity contribution in [2.75, 3.05) is 17.3 Å². The van der Waals surface area contributed by atoms with Crippen LogP contribution in [0.25, 0.3) is 0 Å². The Morgan fingerprint density at radius 1 is 1.00 bits per heavy atom. The molecule has 0 aliphatic carbocycles. The van der Waals surface area contributed by atoms with E-state index in [-0.39, 0.29) is 11.9 Å². The van der Waals surface area contributed by atoms with Gasteiger partial charge in [0, 0.05) is 19.3 Å². The van der Waals surface area contributed by atoms with Gasteiger partial charge in [-0.25, -0.2) is 4.79 Å². The van der Waals surface area contributed by atoms with Crippen molar-refractivity contribution in [1.82, 2.24) is 5.32 Å². The maximum atomic E-state index is 13.0. The number of hydrogen-bond acceptors (Lipinski definition) is 3. The quantitative estimate of drug-likeness (QED) is 0.684. The van der Waals surface area contributed by atoms with Crippen molar-refractivity contribution in [3.63, 3.8) is 0 Å². The van der Waals surface area contributed by atoms with E-state index in [1.807, 2.05) is 55.5 Å². The van der Waals surface area contributed by atoms with E-state index in [4.69, 9.17) is 4.74 Å². The van der Waals surface area contributed by atoms with Gasteiger partial charge in [-0.1, -0.05) is 36.4 Å². The lowest BCUT2D eigenvalue weighted by Crippen LogP contribution is -2.28. The second kappa shape index (κ2) is 7.67. The Morgan fingerprint density at radius 2 is 1.76 bits per heavy atom. The van der Waals surface area contributed by atoms with E-state index in [9.17, 15) is 9.59 Å². The molecule has 6 nitrogen and oxygen atoms in total. The van der Waals surface area contributed by atoms with Crippen LogP contribution >= 0.6 is 0 Å². The number of rotatable bonds is 3. The molecule has 1 aliphatic heterocycles. The lowest BCUT2D eigenvalue weighted by atomic mass is 10.1. The number of anilines is 2. The second-order valence-corrected chi connectivity index (χ2v) is 6.94. The predicted molar refractivity (Wildman–Crippen MR) is 113 cm³/mol. The number of aryl methyl sites for hydroxylation is 1. The van der Waals surface area contributed by atoms with Crippen LogP contribution in [0.15, 0.2) is 66.7 Å². The van der Waals surface area contributed by atoms with Crippen molar-refractivity contribution < 1.29 is 14.3 Å². The van der Waals surface area contributed by atoms with E-state index in [2.05, 4.69) is 10.6 Å². The molecule has 6 heteroatoms. The lowest BCUT2D eigenvalue weighted by molar-refractivity contribution is 0.0993. The minimum Gasteiger partial charge on any atom is -0.454 e. The first-order chi connectivity index (χ1) is 14.0. The van der Waals surface area contributed by atoms with Gasteiger partial charge in [-0.2, -0.15) is 0 Å². The van der Waals surface area contributed by atoms with Gasteiger partial charge in [0.15, 0.2) is 5.75 Å². The molecule has 2 N–H and O–H groups in total. The summed E-state index contributed by atoms with van der Waals surface area (Å²) in [4.78, 5) is 26.8. The molecule has 29 heavy (non-hydrogen) atoms. The van der Waals surface area contributed by atoms with Crippen LogP contribution < -0.4 is 20.3 Å². The average molecular weight is 387 g/mol.